The van der Waals surface area contributed by atoms with Crippen LogP contribution in [-0.4, -0.2) is 0 Å². The van der Waals surface area contributed by atoms with Crippen molar-refractivity contribution in [3.8, 4) is 0 Å². The molecule has 1 aliphatic rings. The summed E-state index contributed by atoms with van der Waals surface area (Å²) in [5.74, 6) is 0. The molecule has 0 fully saturated rings. The van der Waals surface area contributed by atoms with E-state index in [4.69, 9.17) is 11.6 Å². The Labute approximate surface area is 128 Å². The van der Waals surface area contributed by atoms with Crippen molar-refractivity contribution >= 4 is 43.9 Å². The van der Waals surface area contributed by atoms with Crippen LogP contribution in [-0.2, 0) is 12.8 Å². The molecule has 0 heterocycles. The van der Waals surface area contributed by atoms with Crippen LogP contribution in [0.25, 0.3) is 32.3 Å². The number of aryl methyl sites for hydroxylation is 2. The zero-order valence-electron chi connectivity index (χ0n) is 11.5. The zero-order chi connectivity index (χ0) is 14.0. The lowest BCUT2D eigenvalue weighted by molar-refractivity contribution is 1.03. The third-order valence-electron chi connectivity index (χ3n) is 4.75. The highest BCUT2D eigenvalue weighted by Crippen LogP contribution is 2.39. The van der Waals surface area contributed by atoms with Crippen LogP contribution >= 0.6 is 11.6 Å². The first-order valence-corrected chi connectivity index (χ1v) is 7.74. The molecule has 0 atom stereocenters. The van der Waals surface area contributed by atoms with Gasteiger partial charge in [0.25, 0.3) is 0 Å². The quantitative estimate of drug-likeness (QED) is 0.353. The van der Waals surface area contributed by atoms with Crippen molar-refractivity contribution in [2.45, 2.75) is 12.8 Å². The van der Waals surface area contributed by atoms with Gasteiger partial charge < -0.3 is 0 Å². The van der Waals surface area contributed by atoms with Gasteiger partial charge in [0, 0.05) is 5.02 Å². The summed E-state index contributed by atoms with van der Waals surface area (Å²) >= 11 is 6.15. The van der Waals surface area contributed by atoms with Crippen LogP contribution in [0.3, 0.4) is 0 Å². The molecule has 0 aromatic heterocycles. The fourth-order valence-electron chi connectivity index (χ4n) is 3.86. The van der Waals surface area contributed by atoms with Crippen molar-refractivity contribution in [2.24, 2.45) is 0 Å². The fraction of sp³-hybridized carbons (Fsp3) is 0.100. The van der Waals surface area contributed by atoms with Gasteiger partial charge in [-0.05, 0) is 68.4 Å². The molecule has 21 heavy (non-hydrogen) atoms. The summed E-state index contributed by atoms with van der Waals surface area (Å²) in [5, 5.41) is 8.89. The van der Waals surface area contributed by atoms with Crippen molar-refractivity contribution in [3.05, 3.63) is 70.7 Å². The molecule has 1 heteroatoms. The van der Waals surface area contributed by atoms with Crippen molar-refractivity contribution in [3.63, 3.8) is 0 Å². The van der Waals surface area contributed by atoms with Gasteiger partial charge in [-0.3, -0.25) is 0 Å². The Morgan fingerprint density at radius 2 is 1.52 bits per heavy atom. The molecule has 0 spiro atoms. The Kier molecular flexibility index (Phi) is 2.20. The molecule has 4 aromatic rings. The molecule has 0 saturated carbocycles. The average molecular weight is 289 g/mol. The first-order valence-electron chi connectivity index (χ1n) is 7.37. The number of hydrogen-bond acceptors (Lipinski definition) is 0. The topological polar surface area (TPSA) is 0 Å². The molecular weight excluding hydrogens is 276 g/mol. The highest BCUT2D eigenvalue weighted by atomic mass is 35.5. The van der Waals surface area contributed by atoms with Crippen LogP contribution in [0.2, 0.25) is 5.02 Å². The normalized spacial score (nSPS) is 13.6. The van der Waals surface area contributed by atoms with Crippen LogP contribution in [0.4, 0.5) is 0 Å². The van der Waals surface area contributed by atoms with E-state index in [-0.39, 0.29) is 0 Å². The second-order valence-electron chi connectivity index (χ2n) is 5.90. The molecule has 0 saturated heterocycles. The van der Waals surface area contributed by atoms with E-state index in [0.717, 1.165) is 5.02 Å². The maximum atomic E-state index is 6.15. The minimum absolute atomic E-state index is 0.799. The van der Waals surface area contributed by atoms with Gasteiger partial charge in [0.2, 0.25) is 0 Å². The molecule has 0 unspecified atom stereocenters. The van der Waals surface area contributed by atoms with E-state index >= 15 is 0 Å². The molecule has 0 bridgehead atoms. The van der Waals surface area contributed by atoms with Crippen LogP contribution in [0, 0.1) is 0 Å². The molecule has 0 nitrogen and oxygen atoms in total. The third kappa shape index (κ3) is 1.51. The smallest absolute Gasteiger partial charge is 0.0412 e. The minimum Gasteiger partial charge on any atom is -0.0843 e. The van der Waals surface area contributed by atoms with E-state index in [0.29, 0.717) is 0 Å². The predicted molar refractivity (Wildman–Crippen MR) is 91.4 cm³/mol. The number of hydrogen-bond donors (Lipinski definition) is 0. The van der Waals surface area contributed by atoms with E-state index in [1.54, 1.807) is 0 Å². The molecule has 0 aliphatic heterocycles. The minimum atomic E-state index is 0.799. The Balaban J connectivity index is 2.11. The maximum Gasteiger partial charge on any atom is 0.0412 e. The lowest BCUT2D eigenvalue weighted by Crippen LogP contribution is -1.84. The number of benzene rings is 4. The first-order chi connectivity index (χ1) is 10.3. The van der Waals surface area contributed by atoms with E-state index in [1.165, 1.54) is 56.3 Å². The van der Waals surface area contributed by atoms with Gasteiger partial charge in [-0.25, -0.2) is 0 Å². The van der Waals surface area contributed by atoms with E-state index in [9.17, 15) is 0 Å². The summed E-state index contributed by atoms with van der Waals surface area (Å²) in [5.41, 5.74) is 3.00. The van der Waals surface area contributed by atoms with E-state index in [1.807, 2.05) is 6.07 Å². The predicted octanol–water partition coefficient (Wildman–Crippen LogP) is 5.90. The molecule has 0 N–H and O–H groups in total. The monoisotopic (exact) mass is 288 g/mol. The lowest BCUT2D eigenvalue weighted by atomic mass is 9.94. The van der Waals surface area contributed by atoms with Crippen molar-refractivity contribution < 1.29 is 0 Å². The van der Waals surface area contributed by atoms with E-state index in [2.05, 4.69) is 48.5 Å². The fourth-order valence-corrected chi connectivity index (χ4v) is 4.04. The molecule has 5 rings (SSSR count). The van der Waals surface area contributed by atoms with Gasteiger partial charge in [-0.2, -0.15) is 0 Å². The van der Waals surface area contributed by atoms with Crippen molar-refractivity contribution in [1.29, 1.82) is 0 Å². The average Bonchev–Trinajstić information content (AvgIpc) is 2.91. The van der Waals surface area contributed by atoms with Crippen molar-refractivity contribution in [1.82, 2.24) is 0 Å². The Morgan fingerprint density at radius 1 is 0.667 bits per heavy atom. The highest BCUT2D eigenvalue weighted by Gasteiger charge is 2.17. The van der Waals surface area contributed by atoms with E-state index < -0.39 is 0 Å². The summed E-state index contributed by atoms with van der Waals surface area (Å²) in [4.78, 5) is 0. The number of fused-ring (bicyclic) bond motifs is 4. The summed E-state index contributed by atoms with van der Waals surface area (Å²) < 4.78 is 0. The second kappa shape index (κ2) is 3.99. The van der Waals surface area contributed by atoms with Crippen LogP contribution in [0.1, 0.15) is 11.1 Å². The Bertz CT molecular complexity index is 1040. The molecule has 100 valence electrons. The van der Waals surface area contributed by atoms with Gasteiger partial charge in [0.1, 0.15) is 0 Å². The molecule has 0 radical (unpaired) electrons. The summed E-state index contributed by atoms with van der Waals surface area (Å²) in [6, 6.07) is 19.7. The third-order valence-corrected chi connectivity index (χ3v) is 4.98. The van der Waals surface area contributed by atoms with Crippen LogP contribution < -0.4 is 0 Å². The van der Waals surface area contributed by atoms with Gasteiger partial charge in [0.15, 0.2) is 0 Å². The lowest BCUT2D eigenvalue weighted by Gasteiger charge is -2.10. The maximum absolute atomic E-state index is 6.15. The molecule has 4 aromatic carbocycles. The first kappa shape index (κ1) is 11.6. The molecule has 1 aliphatic carbocycles. The summed E-state index contributed by atoms with van der Waals surface area (Å²) in [6.07, 6.45) is 2.34. The number of halogens is 1. The van der Waals surface area contributed by atoms with Gasteiger partial charge >= 0.3 is 0 Å². The standard InChI is InChI=1S/C20H13Cl/c21-16-8-9-17-13(11-16)5-7-15-10-14-6-4-12-2-1-3-18(19(12)14)20(15)17/h1-3,5,7-11H,4,6H2. The van der Waals surface area contributed by atoms with Crippen molar-refractivity contribution in [2.75, 3.05) is 0 Å². The largest absolute Gasteiger partial charge is 0.0843 e. The van der Waals surface area contributed by atoms with Crippen LogP contribution in [0.5, 0.6) is 0 Å². The second-order valence-corrected chi connectivity index (χ2v) is 6.34. The SMILES string of the molecule is Clc1ccc2c(ccc3cc4c5c(cccc5c32)CC4)c1. The summed E-state index contributed by atoms with van der Waals surface area (Å²) in [7, 11) is 0. The van der Waals surface area contributed by atoms with Gasteiger partial charge in [-0.15, -0.1) is 0 Å². The Morgan fingerprint density at radius 3 is 2.48 bits per heavy atom. The molecule has 0 amide bonds. The zero-order valence-corrected chi connectivity index (χ0v) is 12.2. The summed E-state index contributed by atoms with van der Waals surface area (Å²) in [6.45, 7) is 0. The van der Waals surface area contributed by atoms with Crippen LogP contribution in [0.15, 0.2) is 54.6 Å². The molecular formula is C20H13Cl. The highest BCUT2D eigenvalue weighted by molar-refractivity contribution is 6.32. The number of rotatable bonds is 0. The van der Waals surface area contributed by atoms with Gasteiger partial charge in [0.05, 0.1) is 0 Å². The van der Waals surface area contributed by atoms with Gasteiger partial charge in [-0.1, -0.05) is 54.1 Å². The Hall–Kier alpha value is -2.05.